The number of aromatic nitrogens is 2. The maximum Gasteiger partial charge on any atom is 0.0543 e. The Bertz CT molecular complexity index is 2490. The molecule has 0 aliphatic carbocycles. The summed E-state index contributed by atoms with van der Waals surface area (Å²) in [6.45, 7) is 8.39. The van der Waals surface area contributed by atoms with Crippen LogP contribution in [0.15, 0.2) is 164 Å². The minimum Gasteiger partial charge on any atom is -0.309 e. The second kappa shape index (κ2) is 11.3. The van der Waals surface area contributed by atoms with Crippen LogP contribution < -0.4 is 0 Å². The lowest BCUT2D eigenvalue weighted by atomic mass is 10.0. The quantitative estimate of drug-likeness (QED) is 0.171. The Balaban J connectivity index is 1.31. The molecule has 8 rings (SSSR count). The number of para-hydroxylation sites is 2. The molecule has 8 aromatic rings. The molecule has 0 unspecified atom stereocenters. The van der Waals surface area contributed by atoms with E-state index in [1.165, 1.54) is 77.1 Å². The summed E-state index contributed by atoms with van der Waals surface area (Å²) in [6, 6.07) is 50.5. The first kappa shape index (κ1) is 27.7. The molecule has 0 saturated carbocycles. The van der Waals surface area contributed by atoms with Gasteiger partial charge < -0.3 is 9.13 Å². The van der Waals surface area contributed by atoms with Crippen LogP contribution in [-0.2, 0) is 0 Å². The van der Waals surface area contributed by atoms with Crippen LogP contribution in [0.1, 0.15) is 18.1 Å². The van der Waals surface area contributed by atoms with Crippen LogP contribution >= 0.6 is 0 Å². The minimum absolute atomic E-state index is 1.08. The topological polar surface area (TPSA) is 9.86 Å². The predicted octanol–water partition coefficient (Wildman–Crippen LogP) is 12.0. The zero-order chi connectivity index (χ0) is 31.2. The molecule has 0 N–H and O–H groups in total. The van der Waals surface area contributed by atoms with Crippen molar-refractivity contribution in [1.82, 2.24) is 9.13 Å². The van der Waals surface area contributed by atoms with Crippen LogP contribution in [-0.4, -0.2) is 9.13 Å². The van der Waals surface area contributed by atoms with E-state index in [1.54, 1.807) is 0 Å². The fourth-order valence-corrected chi connectivity index (χ4v) is 6.91. The van der Waals surface area contributed by atoms with Gasteiger partial charge in [0.15, 0.2) is 0 Å². The van der Waals surface area contributed by atoms with Crippen molar-refractivity contribution in [3.05, 3.63) is 175 Å². The number of nitrogens with zero attached hydrogens (tertiary/aromatic N) is 2. The zero-order valence-electron chi connectivity index (χ0n) is 26.1. The molecule has 0 atom stereocenters. The fraction of sp³-hybridized carbons (Fsp3) is 0.0455. The van der Waals surface area contributed by atoms with Gasteiger partial charge in [0.25, 0.3) is 0 Å². The van der Waals surface area contributed by atoms with E-state index in [0.717, 1.165) is 5.70 Å². The molecule has 2 heteroatoms. The third-order valence-corrected chi connectivity index (χ3v) is 9.08. The maximum absolute atomic E-state index is 4.06. The molecule has 2 nitrogen and oxygen atoms in total. The molecule has 0 spiro atoms. The first-order valence-corrected chi connectivity index (χ1v) is 15.8. The van der Waals surface area contributed by atoms with Crippen molar-refractivity contribution in [2.75, 3.05) is 0 Å². The Morgan fingerprint density at radius 1 is 0.565 bits per heavy atom. The number of aryl methyl sites for hydroxylation is 1. The molecule has 0 radical (unpaired) electrons. The summed E-state index contributed by atoms with van der Waals surface area (Å²) in [6.07, 6.45) is 6.24. The smallest absolute Gasteiger partial charge is 0.0543 e. The van der Waals surface area contributed by atoms with Crippen molar-refractivity contribution in [2.45, 2.75) is 13.8 Å². The summed E-state index contributed by atoms with van der Waals surface area (Å²) < 4.78 is 4.75. The van der Waals surface area contributed by atoms with Crippen molar-refractivity contribution in [3.8, 4) is 16.8 Å². The standard InChI is InChI=1S/C44H34N2/c1-4-13-36(27-31(3)32-14-7-5-8-15-32)46-41-19-12-11-18-37(41)39-28-33(22-25-43(39)46)34-21-24-42-40(29-34)38-23-20-30(2)26-44(38)45(42)35-16-9-6-10-17-35/h4-29H,1H2,2-3H3/b31-27+,36-13+. The summed E-state index contributed by atoms with van der Waals surface area (Å²) in [7, 11) is 0. The van der Waals surface area contributed by atoms with Crippen LogP contribution in [0, 0.1) is 6.92 Å². The summed E-state index contributed by atoms with van der Waals surface area (Å²) in [5.41, 5.74) is 13.1. The van der Waals surface area contributed by atoms with Gasteiger partial charge in [-0.15, -0.1) is 0 Å². The highest BCUT2D eigenvalue weighted by atomic mass is 15.0. The van der Waals surface area contributed by atoms with Gasteiger partial charge in [0.2, 0.25) is 0 Å². The van der Waals surface area contributed by atoms with E-state index in [-0.39, 0.29) is 0 Å². The monoisotopic (exact) mass is 590 g/mol. The lowest BCUT2D eigenvalue weighted by Gasteiger charge is -2.11. The molecule has 220 valence electrons. The van der Waals surface area contributed by atoms with E-state index in [2.05, 4.69) is 181 Å². The highest BCUT2D eigenvalue weighted by molar-refractivity contribution is 6.13. The molecule has 0 amide bonds. The van der Waals surface area contributed by atoms with Gasteiger partial charge in [-0.05, 0) is 102 Å². The molecule has 0 aliphatic heterocycles. The molecule has 46 heavy (non-hydrogen) atoms. The number of hydrogen-bond donors (Lipinski definition) is 0. The molecule has 6 aromatic carbocycles. The van der Waals surface area contributed by atoms with Crippen LogP contribution in [0.25, 0.3) is 71.7 Å². The van der Waals surface area contributed by atoms with E-state index in [1.807, 2.05) is 6.08 Å². The molecule has 2 heterocycles. The van der Waals surface area contributed by atoms with E-state index in [9.17, 15) is 0 Å². The lowest BCUT2D eigenvalue weighted by molar-refractivity contribution is 1.18. The van der Waals surface area contributed by atoms with E-state index in [0.29, 0.717) is 0 Å². The Morgan fingerprint density at radius 2 is 1.17 bits per heavy atom. The van der Waals surface area contributed by atoms with Crippen LogP contribution in [0.3, 0.4) is 0 Å². The molecular formula is C44H34N2. The Morgan fingerprint density at radius 3 is 1.91 bits per heavy atom. The maximum atomic E-state index is 4.06. The SMILES string of the molecule is C=C/C=C(\C=C(/C)c1ccccc1)n1c2ccccc2c2cc(-c3ccc4c(c3)c3ccc(C)cc3n4-c3ccccc3)ccc21. The molecular weight excluding hydrogens is 556 g/mol. The van der Waals surface area contributed by atoms with Crippen molar-refractivity contribution in [2.24, 2.45) is 0 Å². The van der Waals surface area contributed by atoms with Crippen LogP contribution in [0.2, 0.25) is 0 Å². The molecule has 2 aromatic heterocycles. The first-order valence-electron chi connectivity index (χ1n) is 15.8. The Kier molecular flexibility index (Phi) is 6.77. The summed E-state index contributed by atoms with van der Waals surface area (Å²) in [4.78, 5) is 0. The van der Waals surface area contributed by atoms with Gasteiger partial charge in [0.1, 0.15) is 0 Å². The predicted molar refractivity (Wildman–Crippen MR) is 199 cm³/mol. The highest BCUT2D eigenvalue weighted by Gasteiger charge is 2.16. The second-order valence-electron chi connectivity index (χ2n) is 12.0. The summed E-state index contributed by atoms with van der Waals surface area (Å²) in [5.74, 6) is 0. The van der Waals surface area contributed by atoms with E-state index >= 15 is 0 Å². The van der Waals surface area contributed by atoms with Gasteiger partial charge in [0.05, 0.1) is 22.1 Å². The lowest BCUT2D eigenvalue weighted by Crippen LogP contribution is -1.95. The largest absolute Gasteiger partial charge is 0.309 e. The first-order chi connectivity index (χ1) is 22.6. The zero-order valence-corrected chi connectivity index (χ0v) is 26.1. The van der Waals surface area contributed by atoms with E-state index in [4.69, 9.17) is 0 Å². The van der Waals surface area contributed by atoms with Gasteiger partial charge in [-0.2, -0.15) is 0 Å². The van der Waals surface area contributed by atoms with Gasteiger partial charge in [-0.1, -0.05) is 104 Å². The van der Waals surface area contributed by atoms with Gasteiger partial charge in [0, 0.05) is 32.9 Å². The molecule has 0 saturated heterocycles. The normalized spacial score (nSPS) is 12.5. The van der Waals surface area contributed by atoms with Gasteiger partial charge in [-0.3, -0.25) is 0 Å². The highest BCUT2D eigenvalue weighted by Crippen LogP contribution is 2.38. The fourth-order valence-electron chi connectivity index (χ4n) is 6.91. The van der Waals surface area contributed by atoms with E-state index < -0.39 is 0 Å². The Labute approximate surface area is 269 Å². The van der Waals surface area contributed by atoms with Crippen molar-refractivity contribution < 1.29 is 0 Å². The summed E-state index contributed by atoms with van der Waals surface area (Å²) >= 11 is 0. The molecule has 0 bridgehead atoms. The third kappa shape index (κ3) is 4.58. The number of benzene rings is 6. The van der Waals surface area contributed by atoms with Crippen LogP contribution in [0.5, 0.6) is 0 Å². The van der Waals surface area contributed by atoms with Crippen molar-refractivity contribution in [3.63, 3.8) is 0 Å². The van der Waals surface area contributed by atoms with Crippen LogP contribution in [0.4, 0.5) is 0 Å². The molecule has 0 aliphatic rings. The van der Waals surface area contributed by atoms with Gasteiger partial charge in [-0.25, -0.2) is 0 Å². The average Bonchev–Trinajstić information content (AvgIpc) is 3.60. The number of rotatable bonds is 6. The Hall–Kier alpha value is -5.86. The minimum atomic E-state index is 1.08. The second-order valence-corrected chi connectivity index (χ2v) is 12.0. The number of fused-ring (bicyclic) bond motifs is 6. The number of hydrogen-bond acceptors (Lipinski definition) is 0. The number of allylic oxidation sites excluding steroid dienone is 5. The van der Waals surface area contributed by atoms with Gasteiger partial charge >= 0.3 is 0 Å². The third-order valence-electron chi connectivity index (χ3n) is 9.08. The average molecular weight is 591 g/mol. The summed E-state index contributed by atoms with van der Waals surface area (Å²) in [5, 5.41) is 4.99. The van der Waals surface area contributed by atoms with Crippen molar-refractivity contribution in [1.29, 1.82) is 0 Å². The van der Waals surface area contributed by atoms with Crippen molar-refractivity contribution >= 4 is 54.9 Å². The molecule has 0 fully saturated rings.